The molecule has 2 aromatic rings. The lowest BCUT2D eigenvalue weighted by Gasteiger charge is -2.42. The molecule has 44 heavy (non-hydrogen) atoms. The van der Waals surface area contributed by atoms with Gasteiger partial charge in [0.05, 0.1) is 33.4 Å². The van der Waals surface area contributed by atoms with Crippen molar-refractivity contribution in [2.75, 3.05) is 20.8 Å². The molecule has 3 aliphatic heterocycles. The normalized spacial score (nSPS) is 35.4. The van der Waals surface area contributed by atoms with Crippen LogP contribution in [0.15, 0.2) is 30.3 Å². The van der Waals surface area contributed by atoms with Crippen molar-refractivity contribution in [2.45, 2.75) is 80.9 Å². The minimum absolute atomic E-state index is 0.0240. The zero-order valence-corrected chi connectivity index (χ0v) is 24.0. The minimum Gasteiger partial charge on any atom is -0.504 e. The molecule has 11 atom stereocenters. The van der Waals surface area contributed by atoms with Gasteiger partial charge in [-0.1, -0.05) is 6.07 Å². The van der Waals surface area contributed by atoms with Gasteiger partial charge in [0.15, 0.2) is 23.6 Å². The highest BCUT2D eigenvalue weighted by molar-refractivity contribution is 6.02. The SMILES string of the molecule is COc1ccc([C@H]2CC(=O)c3c(OC)cc(O[C@H]4O[C@H](CO[C@H]5O[C@@H](C)[C@@H](O)[C@H](O)[C@@H]5O)[C@H](O)[C@@H](O)[C@@H]4O)cc3O2)cc1O. The topological polar surface area (TPSA) is 223 Å². The third-order valence-electron chi connectivity index (χ3n) is 7.91. The molecule has 2 aromatic carbocycles. The number of phenolic OH excluding ortho intramolecular Hbond substituents is 1. The van der Waals surface area contributed by atoms with E-state index in [0.717, 1.165) is 0 Å². The summed E-state index contributed by atoms with van der Waals surface area (Å²) in [6.07, 6.45) is -15.5. The molecular formula is C29H36O15. The quantitative estimate of drug-likeness (QED) is 0.190. The van der Waals surface area contributed by atoms with E-state index in [1.807, 2.05) is 0 Å². The lowest BCUT2D eigenvalue weighted by molar-refractivity contribution is -0.318. The molecule has 3 aliphatic rings. The highest BCUT2D eigenvalue weighted by Gasteiger charge is 2.47. The van der Waals surface area contributed by atoms with Crippen molar-refractivity contribution in [1.82, 2.24) is 0 Å². The van der Waals surface area contributed by atoms with Crippen LogP contribution in [0.25, 0.3) is 0 Å². The number of aliphatic hydroxyl groups is 6. The monoisotopic (exact) mass is 624 g/mol. The second-order valence-electron chi connectivity index (χ2n) is 10.8. The molecule has 0 bridgehead atoms. The van der Waals surface area contributed by atoms with Crippen LogP contribution in [0.5, 0.6) is 28.7 Å². The number of carbonyl (C=O) groups is 1. The van der Waals surface area contributed by atoms with Crippen molar-refractivity contribution >= 4 is 5.78 Å². The first kappa shape index (κ1) is 32.2. The van der Waals surface area contributed by atoms with Crippen LogP contribution in [0, 0.1) is 0 Å². The van der Waals surface area contributed by atoms with Gasteiger partial charge in [-0.25, -0.2) is 0 Å². The number of aliphatic hydroxyl groups excluding tert-OH is 6. The molecule has 242 valence electrons. The first-order chi connectivity index (χ1) is 20.9. The van der Waals surface area contributed by atoms with E-state index < -0.39 is 74.1 Å². The second-order valence-corrected chi connectivity index (χ2v) is 10.8. The van der Waals surface area contributed by atoms with Gasteiger partial charge < -0.3 is 68.9 Å². The number of phenols is 1. The fourth-order valence-corrected chi connectivity index (χ4v) is 5.35. The zero-order valence-electron chi connectivity index (χ0n) is 24.0. The maximum absolute atomic E-state index is 13.1. The Bertz CT molecular complexity index is 1340. The van der Waals surface area contributed by atoms with Crippen LogP contribution >= 0.6 is 0 Å². The van der Waals surface area contributed by atoms with Gasteiger partial charge in [0.2, 0.25) is 6.29 Å². The first-order valence-electron chi connectivity index (χ1n) is 13.9. The van der Waals surface area contributed by atoms with E-state index in [2.05, 4.69) is 0 Å². The summed E-state index contributed by atoms with van der Waals surface area (Å²) >= 11 is 0. The predicted molar refractivity (Wildman–Crippen MR) is 146 cm³/mol. The van der Waals surface area contributed by atoms with Gasteiger partial charge in [0, 0.05) is 12.1 Å². The molecule has 3 heterocycles. The second kappa shape index (κ2) is 13.0. The standard InChI is InChI=1S/C29H36O15/c1-11-22(32)24(34)26(36)28(41-11)40-10-20-23(33)25(35)27(37)29(44-20)42-13-7-18(39-3)21-15(31)9-17(43-19(21)8-13)12-4-5-16(38-2)14(30)6-12/h4-8,11,17,20,22-30,32-37H,9-10H2,1-3H3/t11-,17+,20+,22+,23-,24-,25+,26-,27-,28-,29-/m0/s1. The van der Waals surface area contributed by atoms with Crippen LogP contribution in [0.2, 0.25) is 0 Å². The Hall–Kier alpha value is -3.25. The Morgan fingerprint density at radius 3 is 2.18 bits per heavy atom. The van der Waals surface area contributed by atoms with Gasteiger partial charge >= 0.3 is 0 Å². The lowest BCUT2D eigenvalue weighted by Crippen LogP contribution is -2.61. The van der Waals surface area contributed by atoms with E-state index in [-0.39, 0.29) is 46.5 Å². The number of ketones is 1. The number of benzene rings is 2. The Morgan fingerprint density at radius 1 is 0.818 bits per heavy atom. The predicted octanol–water partition coefficient (Wildman–Crippen LogP) is -0.854. The maximum atomic E-state index is 13.1. The third kappa shape index (κ3) is 6.15. The number of Topliss-reactive ketones (excluding diaryl/α,β-unsaturated/α-hetero) is 1. The Labute approximate surface area is 251 Å². The molecule has 15 nitrogen and oxygen atoms in total. The summed E-state index contributed by atoms with van der Waals surface area (Å²) in [4.78, 5) is 13.1. The number of fused-ring (bicyclic) bond motifs is 1. The fraction of sp³-hybridized carbons (Fsp3) is 0.552. The Morgan fingerprint density at radius 2 is 1.50 bits per heavy atom. The average Bonchev–Trinajstić information content (AvgIpc) is 3.01. The number of methoxy groups -OCH3 is 2. The van der Waals surface area contributed by atoms with Gasteiger partial charge in [0.25, 0.3) is 0 Å². The van der Waals surface area contributed by atoms with Crippen LogP contribution < -0.4 is 18.9 Å². The largest absolute Gasteiger partial charge is 0.504 e. The summed E-state index contributed by atoms with van der Waals surface area (Å²) in [5.74, 6) is 0.0679. The van der Waals surface area contributed by atoms with Crippen molar-refractivity contribution in [3.05, 3.63) is 41.5 Å². The van der Waals surface area contributed by atoms with Crippen molar-refractivity contribution in [3.8, 4) is 28.7 Å². The van der Waals surface area contributed by atoms with E-state index in [9.17, 15) is 40.5 Å². The smallest absolute Gasteiger partial charge is 0.229 e. The van der Waals surface area contributed by atoms with E-state index >= 15 is 0 Å². The van der Waals surface area contributed by atoms with Crippen molar-refractivity contribution in [1.29, 1.82) is 0 Å². The molecule has 5 rings (SSSR count). The fourth-order valence-electron chi connectivity index (χ4n) is 5.35. The molecule has 2 saturated heterocycles. The van der Waals surface area contributed by atoms with Crippen LogP contribution in [-0.4, -0.2) is 124 Å². The number of hydrogen-bond acceptors (Lipinski definition) is 15. The van der Waals surface area contributed by atoms with Gasteiger partial charge in [-0.15, -0.1) is 0 Å². The summed E-state index contributed by atoms with van der Waals surface area (Å²) < 4.78 is 39.0. The van der Waals surface area contributed by atoms with Gasteiger partial charge in [-0.3, -0.25) is 4.79 Å². The van der Waals surface area contributed by atoms with Gasteiger partial charge in [-0.05, 0) is 24.6 Å². The molecule has 0 unspecified atom stereocenters. The number of rotatable bonds is 8. The molecule has 7 N–H and O–H groups in total. The minimum atomic E-state index is -1.74. The molecular weight excluding hydrogens is 588 g/mol. The molecule has 2 fully saturated rings. The van der Waals surface area contributed by atoms with Crippen molar-refractivity contribution in [2.24, 2.45) is 0 Å². The number of hydrogen-bond donors (Lipinski definition) is 7. The maximum Gasteiger partial charge on any atom is 0.229 e. The first-order valence-corrected chi connectivity index (χ1v) is 13.9. The van der Waals surface area contributed by atoms with Crippen LogP contribution in [0.4, 0.5) is 0 Å². The van der Waals surface area contributed by atoms with E-state index in [1.165, 1.54) is 39.3 Å². The molecule has 15 heteroatoms. The summed E-state index contributed by atoms with van der Waals surface area (Å²) in [6.45, 7) is 1.00. The summed E-state index contributed by atoms with van der Waals surface area (Å²) in [6, 6.07) is 7.38. The number of carbonyl (C=O) groups excluding carboxylic acids is 1. The molecule has 0 amide bonds. The lowest BCUT2D eigenvalue weighted by atomic mass is 9.95. The Kier molecular flexibility index (Phi) is 9.50. The highest BCUT2D eigenvalue weighted by Crippen LogP contribution is 2.44. The van der Waals surface area contributed by atoms with Crippen molar-refractivity contribution < 1.29 is 73.7 Å². The van der Waals surface area contributed by atoms with E-state index in [0.29, 0.717) is 5.56 Å². The molecule has 0 spiro atoms. The third-order valence-corrected chi connectivity index (χ3v) is 7.91. The van der Waals surface area contributed by atoms with E-state index in [1.54, 1.807) is 12.1 Å². The number of aromatic hydroxyl groups is 1. The van der Waals surface area contributed by atoms with Crippen LogP contribution in [0.3, 0.4) is 0 Å². The van der Waals surface area contributed by atoms with Crippen LogP contribution in [0.1, 0.15) is 35.4 Å². The van der Waals surface area contributed by atoms with Crippen molar-refractivity contribution in [3.63, 3.8) is 0 Å². The molecule has 0 aromatic heterocycles. The van der Waals surface area contributed by atoms with Crippen LogP contribution in [-0.2, 0) is 14.2 Å². The number of ether oxygens (including phenoxy) is 7. The molecule has 0 saturated carbocycles. The summed E-state index contributed by atoms with van der Waals surface area (Å²) in [5.41, 5.74) is 0.676. The van der Waals surface area contributed by atoms with E-state index in [4.69, 9.17) is 33.2 Å². The summed E-state index contributed by atoms with van der Waals surface area (Å²) in [5, 5.41) is 72.0. The van der Waals surface area contributed by atoms with Gasteiger partial charge in [0.1, 0.15) is 71.6 Å². The van der Waals surface area contributed by atoms with Gasteiger partial charge in [-0.2, -0.15) is 0 Å². The molecule has 0 aliphatic carbocycles. The highest BCUT2D eigenvalue weighted by atomic mass is 16.7. The zero-order chi connectivity index (χ0) is 31.9. The Balaban J connectivity index is 1.33. The average molecular weight is 625 g/mol. The molecule has 0 radical (unpaired) electrons. The summed E-state index contributed by atoms with van der Waals surface area (Å²) in [7, 11) is 2.76.